The largest absolute Gasteiger partial charge is 0.303 e. The number of rotatable bonds is 1. The Bertz CT molecular complexity index is 193. The number of aldehydes is 1. The molecule has 60 valence electrons. The summed E-state index contributed by atoms with van der Waals surface area (Å²) in [5.41, 5.74) is 1.46. The van der Waals surface area contributed by atoms with Crippen molar-refractivity contribution in [2.75, 3.05) is 0 Å². The van der Waals surface area contributed by atoms with Gasteiger partial charge in [-0.05, 0) is 38.0 Å². The molecule has 1 fully saturated rings. The Balaban J connectivity index is 2.19. The number of allylic oxidation sites excluding steroid dienone is 2. The molecule has 0 heterocycles. The quantitative estimate of drug-likeness (QED) is 0.414. The van der Waals surface area contributed by atoms with E-state index in [0.717, 1.165) is 18.6 Å². The molecule has 0 radical (unpaired) electrons. The molecule has 0 aromatic carbocycles. The molecule has 2 aliphatic rings. The van der Waals surface area contributed by atoms with Crippen LogP contribution < -0.4 is 0 Å². The van der Waals surface area contributed by atoms with Gasteiger partial charge in [0, 0.05) is 5.92 Å². The zero-order valence-corrected chi connectivity index (χ0v) is 6.75. The van der Waals surface area contributed by atoms with Crippen LogP contribution in [0.3, 0.4) is 0 Å². The van der Waals surface area contributed by atoms with Gasteiger partial charge in [0.2, 0.25) is 0 Å². The van der Waals surface area contributed by atoms with Gasteiger partial charge in [-0.25, -0.2) is 0 Å². The van der Waals surface area contributed by atoms with E-state index in [-0.39, 0.29) is 0 Å². The Morgan fingerprint density at radius 1 is 1.36 bits per heavy atom. The van der Waals surface area contributed by atoms with Gasteiger partial charge in [-0.3, -0.25) is 0 Å². The molecule has 1 saturated carbocycles. The molecule has 0 aromatic heterocycles. The molecule has 2 rings (SSSR count). The fourth-order valence-corrected chi connectivity index (χ4v) is 2.43. The van der Waals surface area contributed by atoms with Crippen LogP contribution >= 0.6 is 0 Å². The van der Waals surface area contributed by atoms with Crippen molar-refractivity contribution in [1.82, 2.24) is 0 Å². The van der Waals surface area contributed by atoms with Gasteiger partial charge in [0.05, 0.1) is 0 Å². The lowest BCUT2D eigenvalue weighted by molar-refractivity contribution is -0.110. The number of fused-ring (bicyclic) bond motifs is 1. The highest BCUT2D eigenvalue weighted by molar-refractivity contribution is 5.60. The molecule has 2 atom stereocenters. The van der Waals surface area contributed by atoms with E-state index in [0.29, 0.717) is 5.92 Å². The Hall–Kier alpha value is -0.590. The minimum atomic E-state index is 0.292. The third-order valence-corrected chi connectivity index (χ3v) is 3.03. The normalized spacial score (nSPS) is 36.2. The summed E-state index contributed by atoms with van der Waals surface area (Å²) in [4.78, 5) is 10.6. The molecule has 0 amide bonds. The minimum absolute atomic E-state index is 0.292. The third-order valence-electron chi connectivity index (χ3n) is 3.03. The Morgan fingerprint density at radius 3 is 3.09 bits per heavy atom. The van der Waals surface area contributed by atoms with E-state index in [1.165, 1.54) is 31.3 Å². The first kappa shape index (κ1) is 7.08. The first-order valence-electron chi connectivity index (χ1n) is 4.57. The van der Waals surface area contributed by atoms with Crippen LogP contribution in [0.15, 0.2) is 11.6 Å². The first-order chi connectivity index (χ1) is 5.42. The maximum Gasteiger partial charge on any atom is 0.127 e. The van der Waals surface area contributed by atoms with Crippen LogP contribution in [0, 0.1) is 11.8 Å². The van der Waals surface area contributed by atoms with Crippen LogP contribution in [-0.4, -0.2) is 6.29 Å². The van der Waals surface area contributed by atoms with E-state index in [9.17, 15) is 4.79 Å². The molecule has 0 bridgehead atoms. The molecule has 11 heavy (non-hydrogen) atoms. The molecule has 0 aliphatic heterocycles. The van der Waals surface area contributed by atoms with Crippen molar-refractivity contribution in [2.45, 2.75) is 32.1 Å². The maximum atomic E-state index is 10.6. The Morgan fingerprint density at radius 2 is 2.27 bits per heavy atom. The second-order valence-corrected chi connectivity index (χ2v) is 3.65. The monoisotopic (exact) mass is 150 g/mol. The average molecular weight is 150 g/mol. The number of hydrogen-bond acceptors (Lipinski definition) is 1. The number of hydrogen-bond donors (Lipinski definition) is 0. The summed E-state index contributed by atoms with van der Waals surface area (Å²) in [7, 11) is 0. The smallest absolute Gasteiger partial charge is 0.127 e. The second-order valence-electron chi connectivity index (χ2n) is 3.65. The van der Waals surface area contributed by atoms with Crippen LogP contribution in [0.4, 0.5) is 0 Å². The van der Waals surface area contributed by atoms with Crippen molar-refractivity contribution in [3.63, 3.8) is 0 Å². The van der Waals surface area contributed by atoms with E-state index < -0.39 is 0 Å². The molecule has 0 aromatic rings. The summed E-state index contributed by atoms with van der Waals surface area (Å²) >= 11 is 0. The number of carbonyl (C=O) groups is 1. The SMILES string of the molecule is O=CC1CCC2CCCC=C12. The predicted molar refractivity (Wildman–Crippen MR) is 44.2 cm³/mol. The first-order valence-corrected chi connectivity index (χ1v) is 4.57. The fraction of sp³-hybridized carbons (Fsp3) is 0.700. The molecular weight excluding hydrogens is 136 g/mol. The van der Waals surface area contributed by atoms with Gasteiger partial charge in [0.15, 0.2) is 0 Å². The lowest BCUT2D eigenvalue weighted by atomic mass is 9.87. The topological polar surface area (TPSA) is 17.1 Å². The van der Waals surface area contributed by atoms with Gasteiger partial charge in [0.1, 0.15) is 6.29 Å². The minimum Gasteiger partial charge on any atom is -0.303 e. The lowest BCUT2D eigenvalue weighted by Gasteiger charge is -2.17. The van der Waals surface area contributed by atoms with Crippen LogP contribution in [-0.2, 0) is 4.79 Å². The molecular formula is C10H14O. The van der Waals surface area contributed by atoms with Crippen molar-refractivity contribution < 1.29 is 4.79 Å². The highest BCUT2D eigenvalue weighted by Crippen LogP contribution is 2.41. The van der Waals surface area contributed by atoms with Crippen molar-refractivity contribution >= 4 is 6.29 Å². The van der Waals surface area contributed by atoms with Crippen LogP contribution in [0.5, 0.6) is 0 Å². The molecule has 0 spiro atoms. The van der Waals surface area contributed by atoms with Gasteiger partial charge < -0.3 is 4.79 Å². The fourth-order valence-electron chi connectivity index (χ4n) is 2.43. The zero-order valence-electron chi connectivity index (χ0n) is 6.75. The summed E-state index contributed by atoms with van der Waals surface area (Å²) in [6.07, 6.45) is 9.68. The zero-order chi connectivity index (χ0) is 7.68. The molecule has 2 unspecified atom stereocenters. The molecule has 2 aliphatic carbocycles. The highest BCUT2D eigenvalue weighted by atomic mass is 16.1. The van der Waals surface area contributed by atoms with E-state index in [4.69, 9.17) is 0 Å². The van der Waals surface area contributed by atoms with Gasteiger partial charge in [-0.15, -0.1) is 0 Å². The lowest BCUT2D eigenvalue weighted by Crippen LogP contribution is -2.07. The van der Waals surface area contributed by atoms with Crippen LogP contribution in [0.2, 0.25) is 0 Å². The molecule has 1 heteroatoms. The van der Waals surface area contributed by atoms with Crippen molar-refractivity contribution in [2.24, 2.45) is 11.8 Å². The Kier molecular flexibility index (Phi) is 1.80. The van der Waals surface area contributed by atoms with Gasteiger partial charge >= 0.3 is 0 Å². The van der Waals surface area contributed by atoms with Crippen LogP contribution in [0.25, 0.3) is 0 Å². The van der Waals surface area contributed by atoms with Gasteiger partial charge in [-0.1, -0.05) is 11.6 Å². The molecule has 0 N–H and O–H groups in total. The van der Waals surface area contributed by atoms with E-state index >= 15 is 0 Å². The maximum absolute atomic E-state index is 10.6. The van der Waals surface area contributed by atoms with E-state index in [1.54, 1.807) is 0 Å². The molecule has 0 saturated heterocycles. The van der Waals surface area contributed by atoms with E-state index in [2.05, 4.69) is 6.08 Å². The second kappa shape index (κ2) is 2.80. The molecule has 1 nitrogen and oxygen atoms in total. The number of carbonyl (C=O) groups excluding carboxylic acids is 1. The van der Waals surface area contributed by atoms with Crippen molar-refractivity contribution in [3.8, 4) is 0 Å². The highest BCUT2D eigenvalue weighted by Gasteiger charge is 2.30. The predicted octanol–water partition coefficient (Wildman–Crippen LogP) is 2.32. The summed E-state index contributed by atoms with van der Waals surface area (Å²) in [6.45, 7) is 0. The standard InChI is InChI=1S/C10H14O/c11-7-9-6-5-8-3-1-2-4-10(8)9/h4,7-9H,1-3,5-6H2. The average Bonchev–Trinajstić information content (AvgIpc) is 2.47. The summed E-state index contributed by atoms with van der Waals surface area (Å²) in [5.74, 6) is 1.07. The van der Waals surface area contributed by atoms with Gasteiger partial charge in [0.25, 0.3) is 0 Å². The van der Waals surface area contributed by atoms with Crippen molar-refractivity contribution in [1.29, 1.82) is 0 Å². The third kappa shape index (κ3) is 1.13. The summed E-state index contributed by atoms with van der Waals surface area (Å²) in [6, 6.07) is 0. The summed E-state index contributed by atoms with van der Waals surface area (Å²) < 4.78 is 0. The van der Waals surface area contributed by atoms with Crippen molar-refractivity contribution in [3.05, 3.63) is 11.6 Å². The summed E-state index contributed by atoms with van der Waals surface area (Å²) in [5, 5.41) is 0. The van der Waals surface area contributed by atoms with E-state index in [1.807, 2.05) is 0 Å². The van der Waals surface area contributed by atoms with Gasteiger partial charge in [-0.2, -0.15) is 0 Å². The Labute approximate surface area is 67.5 Å². The van der Waals surface area contributed by atoms with Crippen LogP contribution in [0.1, 0.15) is 32.1 Å².